The SMILES string of the molecule is O=C(Cc1ccccc1F)c1cc(Br)ccc1I. The van der Waals surface area contributed by atoms with Crippen molar-refractivity contribution in [3.05, 3.63) is 67.5 Å². The summed E-state index contributed by atoms with van der Waals surface area (Å²) in [5.41, 5.74) is 1.05. The molecule has 0 bridgehead atoms. The highest BCUT2D eigenvalue weighted by Gasteiger charge is 2.13. The molecule has 0 N–H and O–H groups in total. The molecule has 2 rings (SSSR count). The van der Waals surface area contributed by atoms with Gasteiger partial charge in [0.2, 0.25) is 0 Å². The summed E-state index contributed by atoms with van der Waals surface area (Å²) < 4.78 is 15.2. The van der Waals surface area contributed by atoms with Crippen molar-refractivity contribution in [3.8, 4) is 0 Å². The van der Waals surface area contributed by atoms with Gasteiger partial charge in [0.15, 0.2) is 5.78 Å². The fourth-order valence-electron chi connectivity index (χ4n) is 1.62. The molecule has 18 heavy (non-hydrogen) atoms. The summed E-state index contributed by atoms with van der Waals surface area (Å²) in [4.78, 5) is 12.1. The first kappa shape index (κ1) is 13.7. The smallest absolute Gasteiger partial charge is 0.168 e. The van der Waals surface area contributed by atoms with Crippen molar-refractivity contribution in [2.24, 2.45) is 0 Å². The van der Waals surface area contributed by atoms with E-state index in [1.807, 2.05) is 12.1 Å². The van der Waals surface area contributed by atoms with E-state index in [0.717, 1.165) is 8.04 Å². The first-order valence-corrected chi connectivity index (χ1v) is 7.17. The van der Waals surface area contributed by atoms with E-state index in [1.54, 1.807) is 24.3 Å². The lowest BCUT2D eigenvalue weighted by molar-refractivity contribution is 0.0991. The fraction of sp³-hybridized carbons (Fsp3) is 0.0714. The zero-order chi connectivity index (χ0) is 13.1. The molecule has 92 valence electrons. The summed E-state index contributed by atoms with van der Waals surface area (Å²) in [7, 11) is 0. The maximum Gasteiger partial charge on any atom is 0.168 e. The largest absolute Gasteiger partial charge is 0.294 e. The van der Waals surface area contributed by atoms with Crippen molar-refractivity contribution in [3.63, 3.8) is 0 Å². The second-order valence-electron chi connectivity index (χ2n) is 3.82. The monoisotopic (exact) mass is 418 g/mol. The lowest BCUT2D eigenvalue weighted by Gasteiger charge is -2.05. The third-order valence-electron chi connectivity index (χ3n) is 2.54. The summed E-state index contributed by atoms with van der Waals surface area (Å²) in [6.07, 6.45) is 0.0825. The molecule has 0 amide bonds. The van der Waals surface area contributed by atoms with Crippen LogP contribution in [0.25, 0.3) is 0 Å². The van der Waals surface area contributed by atoms with Crippen molar-refractivity contribution < 1.29 is 9.18 Å². The minimum absolute atomic E-state index is 0.0780. The highest BCUT2D eigenvalue weighted by Crippen LogP contribution is 2.20. The van der Waals surface area contributed by atoms with E-state index in [4.69, 9.17) is 0 Å². The number of rotatable bonds is 3. The molecule has 4 heteroatoms. The molecule has 0 aliphatic heterocycles. The van der Waals surface area contributed by atoms with Gasteiger partial charge in [-0.1, -0.05) is 34.1 Å². The molecule has 0 fully saturated rings. The average molecular weight is 419 g/mol. The van der Waals surface area contributed by atoms with E-state index >= 15 is 0 Å². The van der Waals surface area contributed by atoms with Crippen LogP contribution in [0.2, 0.25) is 0 Å². The van der Waals surface area contributed by atoms with Crippen LogP contribution in [0.15, 0.2) is 46.9 Å². The summed E-state index contributed by atoms with van der Waals surface area (Å²) >= 11 is 5.44. The molecule has 1 nitrogen and oxygen atoms in total. The van der Waals surface area contributed by atoms with Gasteiger partial charge in [0, 0.05) is 20.0 Å². The zero-order valence-electron chi connectivity index (χ0n) is 9.29. The molecule has 0 saturated heterocycles. The first-order valence-electron chi connectivity index (χ1n) is 5.29. The number of benzene rings is 2. The van der Waals surface area contributed by atoms with Crippen LogP contribution >= 0.6 is 38.5 Å². The average Bonchev–Trinajstić information content (AvgIpc) is 2.35. The molecular weight excluding hydrogens is 410 g/mol. The van der Waals surface area contributed by atoms with Crippen LogP contribution < -0.4 is 0 Å². The Morgan fingerprint density at radius 1 is 1.22 bits per heavy atom. The Bertz CT molecular complexity index is 598. The zero-order valence-corrected chi connectivity index (χ0v) is 13.0. The number of carbonyl (C=O) groups is 1. The predicted molar refractivity (Wildman–Crippen MR) is 81.3 cm³/mol. The number of carbonyl (C=O) groups excluding carboxylic acids is 1. The quantitative estimate of drug-likeness (QED) is 0.525. The van der Waals surface area contributed by atoms with Crippen molar-refractivity contribution in [2.75, 3.05) is 0 Å². The number of ketones is 1. The van der Waals surface area contributed by atoms with Gasteiger partial charge in [-0.2, -0.15) is 0 Å². The maximum atomic E-state index is 13.5. The minimum Gasteiger partial charge on any atom is -0.294 e. The van der Waals surface area contributed by atoms with Crippen LogP contribution in [-0.2, 0) is 6.42 Å². The Hall–Kier alpha value is -0.750. The van der Waals surface area contributed by atoms with E-state index in [2.05, 4.69) is 38.5 Å². The van der Waals surface area contributed by atoms with Gasteiger partial charge in [0.05, 0.1) is 0 Å². The molecule has 2 aromatic rings. The standard InChI is InChI=1S/C14H9BrFIO/c15-10-5-6-13(17)11(8-10)14(18)7-9-3-1-2-4-12(9)16/h1-6,8H,7H2. The van der Waals surface area contributed by atoms with Gasteiger partial charge in [-0.25, -0.2) is 4.39 Å². The van der Waals surface area contributed by atoms with Crippen molar-refractivity contribution >= 4 is 44.3 Å². The molecule has 0 aromatic heterocycles. The number of hydrogen-bond acceptors (Lipinski definition) is 1. The maximum absolute atomic E-state index is 13.5. The Labute approximate surface area is 127 Å². The first-order chi connectivity index (χ1) is 8.58. The van der Waals surface area contributed by atoms with Gasteiger partial charge >= 0.3 is 0 Å². The lowest BCUT2D eigenvalue weighted by Crippen LogP contribution is -2.07. The van der Waals surface area contributed by atoms with Gasteiger partial charge in [-0.15, -0.1) is 0 Å². The van der Waals surface area contributed by atoms with Gasteiger partial charge in [0.25, 0.3) is 0 Å². The summed E-state index contributed by atoms with van der Waals surface area (Å²) in [6.45, 7) is 0. The van der Waals surface area contributed by atoms with Crippen LogP contribution in [0.4, 0.5) is 4.39 Å². The van der Waals surface area contributed by atoms with E-state index in [-0.39, 0.29) is 18.0 Å². The molecule has 0 aliphatic carbocycles. The third-order valence-corrected chi connectivity index (χ3v) is 3.97. The Kier molecular flexibility index (Phi) is 4.50. The highest BCUT2D eigenvalue weighted by atomic mass is 127. The predicted octanol–water partition coefficient (Wildman–Crippen LogP) is 4.62. The number of Topliss-reactive ketones (excluding diaryl/α,β-unsaturated/α-hetero) is 1. The van der Waals surface area contributed by atoms with Gasteiger partial charge in [0.1, 0.15) is 5.82 Å². The van der Waals surface area contributed by atoms with E-state index in [1.165, 1.54) is 6.07 Å². The van der Waals surface area contributed by atoms with E-state index < -0.39 is 0 Å². The van der Waals surface area contributed by atoms with Crippen LogP contribution in [-0.4, -0.2) is 5.78 Å². The molecule has 0 unspecified atom stereocenters. The number of halogens is 3. The second kappa shape index (κ2) is 5.93. The van der Waals surface area contributed by atoms with E-state index in [0.29, 0.717) is 11.1 Å². The Balaban J connectivity index is 2.28. The molecular formula is C14H9BrFIO. The van der Waals surface area contributed by atoms with Crippen molar-refractivity contribution in [1.29, 1.82) is 0 Å². The molecule has 0 spiro atoms. The molecule has 2 aromatic carbocycles. The lowest BCUT2D eigenvalue weighted by atomic mass is 10.0. The molecule has 0 heterocycles. The molecule has 0 radical (unpaired) electrons. The van der Waals surface area contributed by atoms with Gasteiger partial charge < -0.3 is 0 Å². The fourth-order valence-corrected chi connectivity index (χ4v) is 2.62. The third kappa shape index (κ3) is 3.17. The highest BCUT2D eigenvalue weighted by molar-refractivity contribution is 14.1. The normalized spacial score (nSPS) is 10.4. The second-order valence-corrected chi connectivity index (χ2v) is 5.89. The van der Waals surface area contributed by atoms with Crippen molar-refractivity contribution in [2.45, 2.75) is 6.42 Å². The minimum atomic E-state index is -0.337. The Morgan fingerprint density at radius 2 is 1.94 bits per heavy atom. The Morgan fingerprint density at radius 3 is 2.67 bits per heavy atom. The van der Waals surface area contributed by atoms with Crippen molar-refractivity contribution in [1.82, 2.24) is 0 Å². The van der Waals surface area contributed by atoms with Gasteiger partial charge in [-0.3, -0.25) is 4.79 Å². The molecule has 0 atom stereocenters. The number of hydrogen-bond donors (Lipinski definition) is 0. The summed E-state index contributed by atoms with van der Waals surface area (Å²) in [5.74, 6) is -0.415. The summed E-state index contributed by atoms with van der Waals surface area (Å²) in [5, 5.41) is 0. The van der Waals surface area contributed by atoms with Crippen LogP contribution in [0.5, 0.6) is 0 Å². The topological polar surface area (TPSA) is 17.1 Å². The molecule has 0 aliphatic rings. The van der Waals surface area contributed by atoms with Crippen LogP contribution in [0.3, 0.4) is 0 Å². The summed E-state index contributed by atoms with van der Waals surface area (Å²) in [6, 6.07) is 11.9. The van der Waals surface area contributed by atoms with E-state index in [9.17, 15) is 9.18 Å². The van der Waals surface area contributed by atoms with Gasteiger partial charge in [-0.05, 0) is 52.4 Å². The van der Waals surface area contributed by atoms with Crippen LogP contribution in [0, 0.1) is 9.39 Å². The van der Waals surface area contributed by atoms with Crippen LogP contribution in [0.1, 0.15) is 15.9 Å². The molecule has 0 saturated carbocycles.